The first-order chi connectivity index (χ1) is 14.0. The van der Waals surface area contributed by atoms with Crippen molar-refractivity contribution in [3.05, 3.63) is 0 Å². The lowest BCUT2D eigenvalue weighted by Crippen LogP contribution is -2.54. The van der Waals surface area contributed by atoms with Gasteiger partial charge in [0.2, 0.25) is 5.91 Å². The summed E-state index contributed by atoms with van der Waals surface area (Å²) in [4.78, 5) is 26.4. The van der Waals surface area contributed by atoms with Gasteiger partial charge < -0.3 is 21.5 Å². The number of hydrogen-bond acceptors (Lipinski definition) is 8. The van der Waals surface area contributed by atoms with E-state index in [0.29, 0.717) is 31.2 Å². The minimum absolute atomic E-state index is 0.0521. The Kier molecular flexibility index (Phi) is 11.6. The van der Waals surface area contributed by atoms with E-state index in [1.165, 1.54) is 0 Å². The second-order valence-electron chi connectivity index (χ2n) is 8.31. The SMILES string of the molecule is CC[C@H](C)[C@@H](CN1CCC[C@H]1C(=O)N[C@@H](CCS(C)(=O)=O)C(=O)O)NC[C@@H](N)CS. The van der Waals surface area contributed by atoms with Crippen LogP contribution in [-0.4, -0.2) is 91.9 Å². The third kappa shape index (κ3) is 9.51. The summed E-state index contributed by atoms with van der Waals surface area (Å²) in [5.74, 6) is -0.911. The zero-order valence-corrected chi connectivity index (χ0v) is 19.9. The molecule has 0 aromatic rings. The number of hydrogen-bond donors (Lipinski definition) is 5. The molecule has 1 aliphatic heterocycles. The Morgan fingerprint density at radius 2 is 2.03 bits per heavy atom. The Bertz CT molecular complexity index is 661. The summed E-state index contributed by atoms with van der Waals surface area (Å²) in [6, 6.07) is -1.54. The van der Waals surface area contributed by atoms with Crippen LogP contribution in [0, 0.1) is 5.92 Å². The summed E-state index contributed by atoms with van der Waals surface area (Å²) < 4.78 is 22.7. The maximum absolute atomic E-state index is 12.8. The molecule has 1 heterocycles. The summed E-state index contributed by atoms with van der Waals surface area (Å²) >= 11 is 4.22. The van der Waals surface area contributed by atoms with E-state index in [1.807, 2.05) is 0 Å². The lowest BCUT2D eigenvalue weighted by Gasteiger charge is -2.33. The lowest BCUT2D eigenvalue weighted by molar-refractivity contribution is -0.142. The zero-order chi connectivity index (χ0) is 22.9. The summed E-state index contributed by atoms with van der Waals surface area (Å²) in [6.07, 6.45) is 3.38. The molecule has 5 N–H and O–H groups in total. The Morgan fingerprint density at radius 1 is 1.37 bits per heavy atom. The number of carbonyl (C=O) groups is 2. The molecule has 1 rings (SSSR count). The number of thiol groups is 1. The minimum Gasteiger partial charge on any atom is -0.480 e. The first kappa shape index (κ1) is 27.2. The van der Waals surface area contributed by atoms with Crippen molar-refractivity contribution in [2.24, 2.45) is 11.7 Å². The van der Waals surface area contributed by atoms with Gasteiger partial charge in [-0.25, -0.2) is 13.2 Å². The Hall–Kier alpha value is -0.880. The van der Waals surface area contributed by atoms with Crippen LogP contribution in [0.2, 0.25) is 0 Å². The molecule has 0 saturated carbocycles. The van der Waals surface area contributed by atoms with E-state index in [9.17, 15) is 23.1 Å². The van der Waals surface area contributed by atoms with Crippen LogP contribution in [0.4, 0.5) is 0 Å². The van der Waals surface area contributed by atoms with Crippen LogP contribution < -0.4 is 16.4 Å². The standard InChI is InChI=1S/C19H38N4O5S2/c1-4-13(2)16(21-10-14(20)12-29)11-23-8-5-6-17(23)18(24)22-15(19(25)26)7-9-30(3,27)28/h13-17,21,29H,4-12,20H2,1-3H3,(H,22,24)(H,25,26)/t13-,14+,15-,16+,17-/m0/s1. The molecular weight excluding hydrogens is 428 g/mol. The van der Waals surface area contributed by atoms with Gasteiger partial charge in [-0.1, -0.05) is 20.3 Å². The molecule has 1 aliphatic rings. The van der Waals surface area contributed by atoms with E-state index in [-0.39, 0.29) is 30.2 Å². The molecule has 0 radical (unpaired) electrons. The van der Waals surface area contributed by atoms with Gasteiger partial charge in [0.25, 0.3) is 0 Å². The molecule has 30 heavy (non-hydrogen) atoms. The molecule has 0 spiro atoms. The van der Waals surface area contributed by atoms with Crippen LogP contribution in [0.1, 0.15) is 39.5 Å². The van der Waals surface area contributed by atoms with Gasteiger partial charge in [-0.2, -0.15) is 12.6 Å². The van der Waals surface area contributed by atoms with Gasteiger partial charge in [0, 0.05) is 37.2 Å². The monoisotopic (exact) mass is 466 g/mol. The number of aliphatic carboxylic acids is 1. The number of rotatable bonds is 14. The van der Waals surface area contributed by atoms with E-state index in [2.05, 4.69) is 42.0 Å². The van der Waals surface area contributed by atoms with Crippen LogP contribution in [0.5, 0.6) is 0 Å². The van der Waals surface area contributed by atoms with E-state index in [1.54, 1.807) is 0 Å². The van der Waals surface area contributed by atoms with E-state index < -0.39 is 27.9 Å². The van der Waals surface area contributed by atoms with Gasteiger partial charge in [-0.05, 0) is 31.7 Å². The highest BCUT2D eigenvalue weighted by molar-refractivity contribution is 7.90. The average molecular weight is 467 g/mol. The topological polar surface area (TPSA) is 142 Å². The van der Waals surface area contributed by atoms with Gasteiger partial charge >= 0.3 is 5.97 Å². The summed E-state index contributed by atoms with van der Waals surface area (Å²) in [5, 5.41) is 15.4. The Labute approximate surface area is 185 Å². The Balaban J connectivity index is 2.77. The summed E-state index contributed by atoms with van der Waals surface area (Å²) in [5.41, 5.74) is 5.97. The predicted octanol–water partition coefficient (Wildman–Crippen LogP) is -0.284. The van der Waals surface area contributed by atoms with Crippen molar-refractivity contribution in [1.82, 2.24) is 15.5 Å². The number of likely N-dealkylation sites (tertiary alicyclic amines) is 1. The maximum atomic E-state index is 12.8. The molecule has 0 unspecified atom stereocenters. The molecule has 11 heteroatoms. The number of amides is 1. The van der Waals surface area contributed by atoms with Gasteiger partial charge in [-0.3, -0.25) is 9.69 Å². The van der Waals surface area contributed by atoms with Crippen molar-refractivity contribution in [2.45, 2.75) is 63.7 Å². The molecular formula is C19H38N4O5S2. The number of sulfone groups is 1. The fraction of sp³-hybridized carbons (Fsp3) is 0.895. The van der Waals surface area contributed by atoms with Crippen molar-refractivity contribution in [2.75, 3.05) is 37.4 Å². The number of nitrogens with one attached hydrogen (secondary N) is 2. The second kappa shape index (κ2) is 12.8. The maximum Gasteiger partial charge on any atom is 0.326 e. The molecule has 0 aromatic carbocycles. The number of carbonyl (C=O) groups excluding carboxylic acids is 1. The van der Waals surface area contributed by atoms with Crippen LogP contribution in [-0.2, 0) is 19.4 Å². The van der Waals surface area contributed by atoms with Crippen molar-refractivity contribution >= 4 is 34.3 Å². The minimum atomic E-state index is -3.31. The molecule has 9 nitrogen and oxygen atoms in total. The summed E-state index contributed by atoms with van der Waals surface area (Å²) in [7, 11) is -3.31. The third-order valence-electron chi connectivity index (χ3n) is 5.70. The van der Waals surface area contributed by atoms with E-state index >= 15 is 0 Å². The van der Waals surface area contributed by atoms with Crippen LogP contribution >= 0.6 is 12.6 Å². The number of carboxylic acids is 1. The molecule has 1 saturated heterocycles. The highest BCUT2D eigenvalue weighted by atomic mass is 32.2. The molecule has 176 valence electrons. The zero-order valence-electron chi connectivity index (χ0n) is 18.2. The largest absolute Gasteiger partial charge is 0.480 e. The number of nitrogens with two attached hydrogens (primary N) is 1. The van der Waals surface area contributed by atoms with E-state index in [4.69, 9.17) is 5.73 Å². The number of nitrogens with zero attached hydrogens (tertiary/aromatic N) is 1. The molecule has 1 fully saturated rings. The van der Waals surface area contributed by atoms with Crippen LogP contribution in [0.3, 0.4) is 0 Å². The van der Waals surface area contributed by atoms with Crippen LogP contribution in [0.15, 0.2) is 0 Å². The third-order valence-corrected chi connectivity index (χ3v) is 7.14. The van der Waals surface area contributed by atoms with Gasteiger partial charge in [0.05, 0.1) is 11.8 Å². The lowest BCUT2D eigenvalue weighted by atomic mass is 9.98. The molecule has 0 bridgehead atoms. The highest BCUT2D eigenvalue weighted by Crippen LogP contribution is 2.20. The van der Waals surface area contributed by atoms with Crippen molar-refractivity contribution < 1.29 is 23.1 Å². The second-order valence-corrected chi connectivity index (χ2v) is 10.9. The molecule has 0 aromatic heterocycles. The molecule has 0 aliphatic carbocycles. The fourth-order valence-corrected chi connectivity index (χ4v) is 4.34. The molecule has 1 amide bonds. The quantitative estimate of drug-likeness (QED) is 0.220. The molecule has 5 atom stereocenters. The van der Waals surface area contributed by atoms with Gasteiger partial charge in [0.15, 0.2) is 0 Å². The Morgan fingerprint density at radius 3 is 2.57 bits per heavy atom. The number of carboxylic acid groups (broad SMARTS) is 1. The predicted molar refractivity (Wildman–Crippen MR) is 122 cm³/mol. The highest BCUT2D eigenvalue weighted by Gasteiger charge is 2.35. The first-order valence-corrected chi connectivity index (χ1v) is 13.2. The summed E-state index contributed by atoms with van der Waals surface area (Å²) in [6.45, 7) is 6.32. The normalized spacial score (nSPS) is 21.7. The van der Waals surface area contributed by atoms with Gasteiger partial charge in [-0.15, -0.1) is 0 Å². The van der Waals surface area contributed by atoms with Gasteiger partial charge in [0.1, 0.15) is 15.9 Å². The first-order valence-electron chi connectivity index (χ1n) is 10.5. The average Bonchev–Trinajstić information content (AvgIpc) is 3.14. The van der Waals surface area contributed by atoms with Crippen LogP contribution in [0.25, 0.3) is 0 Å². The van der Waals surface area contributed by atoms with Crippen molar-refractivity contribution in [1.29, 1.82) is 0 Å². The van der Waals surface area contributed by atoms with Crippen molar-refractivity contribution in [3.63, 3.8) is 0 Å². The fourth-order valence-electron chi connectivity index (χ4n) is 3.55. The smallest absolute Gasteiger partial charge is 0.326 e. The van der Waals surface area contributed by atoms with E-state index in [0.717, 1.165) is 25.6 Å². The van der Waals surface area contributed by atoms with Crippen molar-refractivity contribution in [3.8, 4) is 0 Å².